The first kappa shape index (κ1) is 29.6. The van der Waals surface area contributed by atoms with Crippen molar-refractivity contribution in [2.24, 2.45) is 0 Å². The number of piperazine rings is 1. The van der Waals surface area contributed by atoms with Gasteiger partial charge in [-0.1, -0.05) is 12.1 Å². The third-order valence-corrected chi connectivity index (χ3v) is 8.29. The lowest BCUT2D eigenvalue weighted by Crippen LogP contribution is -2.50. The highest BCUT2D eigenvalue weighted by Gasteiger charge is 2.32. The van der Waals surface area contributed by atoms with Crippen molar-refractivity contribution in [3.05, 3.63) is 83.7 Å². The van der Waals surface area contributed by atoms with Crippen molar-refractivity contribution in [1.82, 2.24) is 40.0 Å². The van der Waals surface area contributed by atoms with Crippen LogP contribution in [0.15, 0.2) is 65.2 Å². The molecule has 3 aromatic heterocycles. The minimum atomic E-state index is -0.349. The van der Waals surface area contributed by atoms with E-state index >= 15 is 0 Å². The first-order chi connectivity index (χ1) is 22.4. The molecule has 236 valence electrons. The van der Waals surface area contributed by atoms with E-state index in [0.717, 1.165) is 18.4 Å². The van der Waals surface area contributed by atoms with E-state index in [1.54, 1.807) is 58.4 Å². The highest BCUT2D eigenvalue weighted by atomic mass is 19.1. The zero-order valence-corrected chi connectivity index (χ0v) is 25.2. The number of hydrogen-bond acceptors (Lipinski definition) is 10. The topological polar surface area (TPSA) is 144 Å². The Morgan fingerprint density at radius 3 is 2.54 bits per heavy atom. The molecular weight excluding hydrogens is 593 g/mol. The van der Waals surface area contributed by atoms with E-state index in [2.05, 4.69) is 30.5 Å². The number of carbonyl (C=O) groups excluding carboxylic acids is 2. The van der Waals surface area contributed by atoms with Gasteiger partial charge in [-0.15, -0.1) is 10.2 Å². The second-order valence-corrected chi connectivity index (χ2v) is 11.4. The summed E-state index contributed by atoms with van der Waals surface area (Å²) >= 11 is 0. The molecule has 7 rings (SSSR count). The number of tetrazole rings is 1. The Labute approximate surface area is 263 Å². The Morgan fingerprint density at radius 2 is 1.78 bits per heavy atom. The summed E-state index contributed by atoms with van der Waals surface area (Å²) in [6.07, 6.45) is 3.20. The van der Waals surface area contributed by atoms with E-state index < -0.39 is 0 Å². The molecule has 2 aromatic carbocycles. The molecule has 2 fully saturated rings. The minimum absolute atomic E-state index is 0.123. The standard InChI is InChI=1S/C32H32FN9O4/c1-20(43)35-24-6-7-28-26(19-24)36-31(46-28)22-8-11-34-27(18-22)32(44)41-14-12-40(13-15-41)29(21-2-4-23(33)5-3-21)30-37-39-42(38-30)25-9-16-45-17-10-25/h2-8,11,18-19,25,29H,9-10,12-17H2,1H3,(H,35,43). The number of fused-ring (bicyclic) bond motifs is 1. The number of ether oxygens (including phenoxy) is 1. The Morgan fingerprint density at radius 1 is 1.00 bits per heavy atom. The third kappa shape index (κ3) is 6.21. The number of oxazole rings is 1. The van der Waals surface area contributed by atoms with Gasteiger partial charge in [0.25, 0.3) is 5.91 Å². The third-order valence-electron chi connectivity index (χ3n) is 8.29. The second-order valence-electron chi connectivity index (χ2n) is 11.4. The van der Waals surface area contributed by atoms with Gasteiger partial charge in [0.15, 0.2) is 11.4 Å². The minimum Gasteiger partial charge on any atom is -0.436 e. The van der Waals surface area contributed by atoms with Gasteiger partial charge in [-0.3, -0.25) is 19.5 Å². The molecular formula is C32H32FN9O4. The zero-order valence-electron chi connectivity index (χ0n) is 25.2. The summed E-state index contributed by atoms with van der Waals surface area (Å²) in [5, 5.41) is 16.3. The Hall–Kier alpha value is -5.08. The second kappa shape index (κ2) is 12.7. The monoisotopic (exact) mass is 625 g/mol. The molecule has 1 unspecified atom stereocenters. The molecule has 2 saturated heterocycles. The molecule has 1 N–H and O–H groups in total. The summed E-state index contributed by atoms with van der Waals surface area (Å²) in [6.45, 7) is 4.74. The molecule has 2 amide bonds. The van der Waals surface area contributed by atoms with Gasteiger partial charge in [0, 0.05) is 63.8 Å². The largest absolute Gasteiger partial charge is 0.436 e. The number of rotatable bonds is 7. The van der Waals surface area contributed by atoms with Crippen molar-refractivity contribution in [1.29, 1.82) is 0 Å². The maximum Gasteiger partial charge on any atom is 0.272 e. The number of nitrogens with one attached hydrogen (secondary N) is 1. The van der Waals surface area contributed by atoms with Gasteiger partial charge in [0.05, 0.1) is 12.1 Å². The first-order valence-corrected chi connectivity index (χ1v) is 15.2. The van der Waals surface area contributed by atoms with E-state index in [1.807, 2.05) is 0 Å². The number of carbonyl (C=O) groups is 2. The maximum atomic E-state index is 13.8. The Bertz CT molecular complexity index is 1860. The summed E-state index contributed by atoms with van der Waals surface area (Å²) in [7, 11) is 0. The van der Waals surface area contributed by atoms with Crippen LogP contribution in [-0.4, -0.2) is 91.2 Å². The van der Waals surface area contributed by atoms with Gasteiger partial charge in [0.1, 0.15) is 17.0 Å². The Kier molecular flexibility index (Phi) is 8.20. The number of amides is 2. The van der Waals surface area contributed by atoms with Gasteiger partial charge in [-0.25, -0.2) is 9.37 Å². The average Bonchev–Trinajstić information content (AvgIpc) is 3.74. The quantitative estimate of drug-likeness (QED) is 0.283. The van der Waals surface area contributed by atoms with E-state index in [9.17, 15) is 14.0 Å². The van der Waals surface area contributed by atoms with Gasteiger partial charge in [-0.2, -0.15) is 4.80 Å². The molecule has 46 heavy (non-hydrogen) atoms. The highest BCUT2D eigenvalue weighted by molar-refractivity contribution is 5.94. The fourth-order valence-corrected chi connectivity index (χ4v) is 5.94. The fraction of sp³-hybridized carbons (Fsp3) is 0.344. The molecule has 5 aromatic rings. The van der Waals surface area contributed by atoms with Crippen LogP contribution in [0.2, 0.25) is 0 Å². The van der Waals surface area contributed by atoms with Crippen molar-refractivity contribution in [2.45, 2.75) is 31.8 Å². The summed E-state index contributed by atoms with van der Waals surface area (Å²) in [4.78, 5) is 39.6. The van der Waals surface area contributed by atoms with Crippen LogP contribution in [0.3, 0.4) is 0 Å². The average molecular weight is 626 g/mol. The van der Waals surface area contributed by atoms with Gasteiger partial charge >= 0.3 is 0 Å². The number of aromatic nitrogens is 6. The van der Waals surface area contributed by atoms with Gasteiger partial charge < -0.3 is 19.4 Å². The lowest BCUT2D eigenvalue weighted by Gasteiger charge is -2.38. The number of anilines is 1. The number of hydrogen-bond donors (Lipinski definition) is 1. The normalized spacial score (nSPS) is 16.9. The first-order valence-electron chi connectivity index (χ1n) is 15.2. The van der Waals surface area contributed by atoms with Gasteiger partial charge in [0.2, 0.25) is 11.8 Å². The van der Waals surface area contributed by atoms with E-state index in [0.29, 0.717) is 73.5 Å². The maximum absolute atomic E-state index is 13.8. The number of benzene rings is 2. The lowest BCUT2D eigenvalue weighted by molar-refractivity contribution is -0.114. The molecule has 2 aliphatic rings. The molecule has 0 spiro atoms. The van der Waals surface area contributed by atoms with E-state index in [1.165, 1.54) is 19.1 Å². The van der Waals surface area contributed by atoms with Crippen molar-refractivity contribution in [3.63, 3.8) is 0 Å². The summed E-state index contributed by atoms with van der Waals surface area (Å²) in [5.74, 6) is 0.183. The molecule has 13 nitrogen and oxygen atoms in total. The molecule has 2 aliphatic heterocycles. The Balaban J connectivity index is 1.07. The number of pyridine rings is 1. The van der Waals surface area contributed by atoms with Gasteiger partial charge in [-0.05, 0) is 66.1 Å². The SMILES string of the molecule is CC(=O)Nc1ccc2oc(-c3ccnc(C(=O)N4CCN(C(c5ccc(F)cc5)c5nnn(C6CCOCC6)n5)CC4)c3)nc2c1. The highest BCUT2D eigenvalue weighted by Crippen LogP contribution is 2.30. The van der Waals surface area contributed by atoms with Crippen LogP contribution >= 0.6 is 0 Å². The number of halogens is 1. The van der Waals surface area contributed by atoms with Crippen molar-refractivity contribution < 1.29 is 23.1 Å². The zero-order chi connectivity index (χ0) is 31.6. The van der Waals surface area contributed by atoms with Crippen LogP contribution in [0, 0.1) is 5.82 Å². The summed E-state index contributed by atoms with van der Waals surface area (Å²) in [6, 6.07) is 14.8. The molecule has 14 heteroatoms. The lowest BCUT2D eigenvalue weighted by atomic mass is 10.0. The van der Waals surface area contributed by atoms with Crippen LogP contribution in [0.5, 0.6) is 0 Å². The molecule has 5 heterocycles. The van der Waals surface area contributed by atoms with Crippen LogP contribution in [-0.2, 0) is 9.53 Å². The van der Waals surface area contributed by atoms with E-state index in [-0.39, 0.29) is 35.4 Å². The molecule has 0 saturated carbocycles. The fourth-order valence-electron chi connectivity index (χ4n) is 5.94. The van der Waals surface area contributed by atoms with Crippen LogP contribution < -0.4 is 5.32 Å². The summed E-state index contributed by atoms with van der Waals surface area (Å²) < 4.78 is 25.3. The predicted molar refractivity (Wildman–Crippen MR) is 164 cm³/mol. The van der Waals surface area contributed by atoms with Crippen molar-refractivity contribution in [3.8, 4) is 11.5 Å². The van der Waals surface area contributed by atoms with Crippen LogP contribution in [0.1, 0.15) is 53.7 Å². The molecule has 0 aliphatic carbocycles. The summed E-state index contributed by atoms with van der Waals surface area (Å²) in [5.41, 5.74) is 3.51. The van der Waals surface area contributed by atoms with Crippen molar-refractivity contribution >= 4 is 28.6 Å². The molecule has 1 atom stereocenters. The molecule has 0 radical (unpaired) electrons. The van der Waals surface area contributed by atoms with Crippen molar-refractivity contribution in [2.75, 3.05) is 44.7 Å². The molecule has 0 bridgehead atoms. The van der Waals surface area contributed by atoms with Crippen LogP contribution in [0.25, 0.3) is 22.6 Å². The predicted octanol–water partition coefficient (Wildman–Crippen LogP) is 3.87. The number of nitrogens with zero attached hydrogens (tertiary/aromatic N) is 8. The van der Waals surface area contributed by atoms with Crippen LogP contribution in [0.4, 0.5) is 10.1 Å². The van der Waals surface area contributed by atoms with E-state index in [4.69, 9.17) is 14.3 Å². The smallest absolute Gasteiger partial charge is 0.272 e.